The molecule has 2 nitrogen and oxygen atoms in total. The van der Waals surface area contributed by atoms with Crippen LogP contribution in [0.1, 0.15) is 31.7 Å². The van der Waals surface area contributed by atoms with E-state index in [9.17, 15) is 4.79 Å². The summed E-state index contributed by atoms with van der Waals surface area (Å²) in [5, 5.41) is 0. The number of hydrogen-bond donors (Lipinski definition) is 0. The molecule has 0 spiro atoms. The second kappa shape index (κ2) is 10.6. The minimum atomic E-state index is -0.115. The van der Waals surface area contributed by atoms with Gasteiger partial charge in [-0.25, -0.2) is 24.3 Å². The Kier molecular flexibility index (Phi) is 9.87. The molecule has 0 N–H and O–H groups in total. The van der Waals surface area contributed by atoms with Crippen LogP contribution in [-0.2, 0) is 26.6 Å². The first kappa shape index (κ1) is 17.7. The van der Waals surface area contributed by atoms with E-state index in [1.54, 1.807) is 0 Å². The normalized spacial score (nSPS) is 10.6. The van der Waals surface area contributed by atoms with Crippen molar-refractivity contribution in [2.45, 2.75) is 26.2 Å². The van der Waals surface area contributed by atoms with Gasteiger partial charge in [-0.05, 0) is 12.8 Å². The second-order valence-electron chi connectivity index (χ2n) is 4.09. The predicted octanol–water partition coefficient (Wildman–Crippen LogP) is 3.87. The summed E-state index contributed by atoms with van der Waals surface area (Å²) in [4.78, 5) is 11.1. The Morgan fingerprint density at radius 1 is 1.26 bits per heavy atom. The van der Waals surface area contributed by atoms with Crippen LogP contribution in [-0.4, -0.2) is 12.6 Å². The van der Waals surface area contributed by atoms with E-state index in [1.165, 1.54) is 5.56 Å². The fraction of sp³-hybridized carbons (Fsp3) is 0.312. The van der Waals surface area contributed by atoms with Crippen molar-refractivity contribution in [3.05, 3.63) is 60.2 Å². The van der Waals surface area contributed by atoms with Crippen LogP contribution in [0, 0.1) is 0 Å². The Hall–Kier alpha value is -1.31. The van der Waals surface area contributed by atoms with Crippen molar-refractivity contribution in [2.24, 2.45) is 0 Å². The minimum absolute atomic E-state index is 0. The van der Waals surface area contributed by atoms with Crippen molar-refractivity contribution in [3.8, 4) is 0 Å². The van der Waals surface area contributed by atoms with Crippen LogP contribution < -0.4 is 0 Å². The Morgan fingerprint density at radius 3 is 2.37 bits per heavy atom. The van der Waals surface area contributed by atoms with Crippen molar-refractivity contribution in [3.63, 3.8) is 0 Å². The van der Waals surface area contributed by atoms with E-state index in [0.29, 0.717) is 13.0 Å². The number of esters is 1. The smallest absolute Gasteiger partial charge is 0.466 e. The van der Waals surface area contributed by atoms with E-state index in [-0.39, 0.29) is 29.0 Å². The van der Waals surface area contributed by atoms with Gasteiger partial charge in [0.05, 0.1) is 13.0 Å². The standard InChI is InChI=1S/C11H15O2.C5H5.Fe/c1-3-13-11(12)8-9(2)10-6-4-5-7-10;1-2-4-5-3-1;/h4-7,9H,3,8H2,1-2H3;1-5H;/q2*-1;+2/t9-;;/m0../s1. The monoisotopic (exact) mass is 300 g/mol. The van der Waals surface area contributed by atoms with Gasteiger partial charge in [-0.3, -0.25) is 4.79 Å². The number of hydrogen-bond acceptors (Lipinski definition) is 2. The quantitative estimate of drug-likeness (QED) is 0.487. The molecule has 0 aliphatic rings. The van der Waals surface area contributed by atoms with E-state index < -0.39 is 0 Å². The maximum absolute atomic E-state index is 11.1. The van der Waals surface area contributed by atoms with E-state index >= 15 is 0 Å². The molecule has 0 aliphatic heterocycles. The first-order chi connectivity index (χ1) is 8.74. The Morgan fingerprint density at radius 2 is 1.95 bits per heavy atom. The zero-order chi connectivity index (χ0) is 13.2. The van der Waals surface area contributed by atoms with Crippen molar-refractivity contribution in [1.29, 1.82) is 0 Å². The van der Waals surface area contributed by atoms with Gasteiger partial charge in [-0.1, -0.05) is 6.92 Å². The van der Waals surface area contributed by atoms with Crippen LogP contribution in [0.2, 0.25) is 0 Å². The molecule has 0 aromatic heterocycles. The molecular formula is C16H20FeO2. The van der Waals surface area contributed by atoms with Crippen molar-refractivity contribution in [2.75, 3.05) is 6.61 Å². The second-order valence-corrected chi connectivity index (χ2v) is 4.09. The summed E-state index contributed by atoms with van der Waals surface area (Å²) >= 11 is 0. The molecule has 3 heteroatoms. The number of ether oxygens (including phenoxy) is 1. The summed E-state index contributed by atoms with van der Waals surface area (Å²) < 4.78 is 4.87. The van der Waals surface area contributed by atoms with Gasteiger partial charge in [0.15, 0.2) is 0 Å². The number of rotatable bonds is 4. The molecule has 2 aromatic carbocycles. The van der Waals surface area contributed by atoms with Crippen LogP contribution in [0.25, 0.3) is 0 Å². The van der Waals surface area contributed by atoms with E-state index in [1.807, 2.05) is 68.4 Å². The molecule has 0 amide bonds. The van der Waals surface area contributed by atoms with Crippen LogP contribution in [0.3, 0.4) is 0 Å². The predicted molar refractivity (Wildman–Crippen MR) is 73.7 cm³/mol. The van der Waals surface area contributed by atoms with E-state index in [2.05, 4.69) is 0 Å². The van der Waals surface area contributed by atoms with Crippen molar-refractivity contribution >= 4 is 5.97 Å². The Bertz CT molecular complexity index is 387. The van der Waals surface area contributed by atoms with Gasteiger partial charge < -0.3 is 4.74 Å². The topological polar surface area (TPSA) is 26.3 Å². The maximum Gasteiger partial charge on any atom is 2.00 e. The molecule has 0 bridgehead atoms. The fourth-order valence-corrected chi connectivity index (χ4v) is 1.63. The van der Waals surface area contributed by atoms with Gasteiger partial charge in [0.25, 0.3) is 0 Å². The third kappa shape index (κ3) is 7.66. The summed E-state index contributed by atoms with van der Waals surface area (Å²) in [5.74, 6) is 0.144. The molecule has 0 fully saturated rings. The Balaban J connectivity index is 0.000000454. The zero-order valence-electron chi connectivity index (χ0n) is 11.4. The largest absolute Gasteiger partial charge is 2.00 e. The molecule has 0 aliphatic carbocycles. The molecule has 0 radical (unpaired) electrons. The summed E-state index contributed by atoms with van der Waals surface area (Å²) in [7, 11) is 0. The van der Waals surface area contributed by atoms with E-state index in [4.69, 9.17) is 4.74 Å². The summed E-state index contributed by atoms with van der Waals surface area (Å²) in [6, 6.07) is 18.0. The van der Waals surface area contributed by atoms with Crippen LogP contribution >= 0.6 is 0 Å². The fourth-order valence-electron chi connectivity index (χ4n) is 1.63. The first-order valence-electron chi connectivity index (χ1n) is 6.28. The number of carbonyl (C=O) groups is 1. The third-order valence-electron chi connectivity index (χ3n) is 2.59. The summed E-state index contributed by atoms with van der Waals surface area (Å²) in [6.07, 6.45) is 0.470. The van der Waals surface area contributed by atoms with Gasteiger partial charge in [-0.2, -0.15) is 35.9 Å². The SMILES string of the molecule is CCOC(=O)C[C@H](C)c1ccc[cH-]1.[Fe+2].c1cc[cH-]c1. The Labute approximate surface area is 126 Å². The number of carbonyl (C=O) groups excluding carboxylic acids is 1. The first-order valence-corrected chi connectivity index (χ1v) is 6.28. The maximum atomic E-state index is 11.1. The molecule has 2 rings (SSSR count). The molecule has 0 saturated heterocycles. The minimum Gasteiger partial charge on any atom is -0.466 e. The van der Waals surface area contributed by atoms with Crippen molar-refractivity contribution in [1.82, 2.24) is 0 Å². The molecule has 19 heavy (non-hydrogen) atoms. The van der Waals surface area contributed by atoms with Gasteiger partial charge in [0, 0.05) is 0 Å². The molecule has 2 aromatic rings. The summed E-state index contributed by atoms with van der Waals surface area (Å²) in [5.41, 5.74) is 1.20. The van der Waals surface area contributed by atoms with E-state index in [0.717, 1.165) is 0 Å². The molecule has 1 atom stereocenters. The van der Waals surface area contributed by atoms with Crippen LogP contribution in [0.4, 0.5) is 0 Å². The summed E-state index contributed by atoms with van der Waals surface area (Å²) in [6.45, 7) is 4.32. The van der Waals surface area contributed by atoms with Gasteiger partial charge in [0.1, 0.15) is 0 Å². The third-order valence-corrected chi connectivity index (χ3v) is 2.59. The van der Waals surface area contributed by atoms with Gasteiger partial charge in [0.2, 0.25) is 0 Å². The average Bonchev–Trinajstić information content (AvgIpc) is 3.06. The molecule has 0 heterocycles. The molecule has 0 unspecified atom stereocenters. The van der Waals surface area contributed by atoms with Crippen LogP contribution in [0.5, 0.6) is 0 Å². The molecular weight excluding hydrogens is 280 g/mol. The van der Waals surface area contributed by atoms with Crippen LogP contribution in [0.15, 0.2) is 54.6 Å². The van der Waals surface area contributed by atoms with Gasteiger partial charge in [-0.15, -0.1) is 0 Å². The molecule has 104 valence electrons. The van der Waals surface area contributed by atoms with Crippen molar-refractivity contribution < 1.29 is 26.6 Å². The zero-order valence-corrected chi connectivity index (χ0v) is 12.5. The molecule has 0 saturated carbocycles. The average molecular weight is 300 g/mol. The van der Waals surface area contributed by atoms with Gasteiger partial charge >= 0.3 is 23.0 Å².